The van der Waals surface area contributed by atoms with E-state index in [-0.39, 0.29) is 12.3 Å². The first-order valence-corrected chi connectivity index (χ1v) is 14.8. The standard InChI is InChI=1S/C27H40N6O5S/c1-39-14-11-22(27(37)38)32-25(35)23-10-6-13-33(23)26(36)21(9-4-5-12-28)31-24(34)19(29)15-17-16-30-20-8-3-2-7-18(17)20/h2-3,7-8,16,19,21-23,30H,4-6,9-15,28-29H2,1H3,(H,31,34)(H,32,35)(H,37,38). The molecular formula is C27H40N6O5S. The maximum absolute atomic E-state index is 13.6. The molecule has 1 aliphatic rings. The summed E-state index contributed by atoms with van der Waals surface area (Å²) in [5, 5.41) is 15.9. The predicted octanol–water partition coefficient (Wildman–Crippen LogP) is 0.965. The SMILES string of the molecule is CSCCC(NC(=O)C1CCCN1C(=O)C(CCCCN)NC(=O)C(N)Cc1c[nH]c2ccccc12)C(=O)O. The quantitative estimate of drug-likeness (QED) is 0.174. The number of rotatable bonds is 15. The molecule has 0 spiro atoms. The molecule has 0 aliphatic carbocycles. The molecule has 4 unspecified atom stereocenters. The second-order valence-electron chi connectivity index (χ2n) is 9.89. The number of nitrogens with zero attached hydrogens (tertiary/aromatic N) is 1. The van der Waals surface area contributed by atoms with Crippen molar-refractivity contribution in [2.24, 2.45) is 11.5 Å². The van der Waals surface area contributed by atoms with Crippen molar-refractivity contribution in [3.05, 3.63) is 36.0 Å². The van der Waals surface area contributed by atoms with Crippen LogP contribution in [0.1, 0.15) is 44.1 Å². The third-order valence-corrected chi connectivity index (χ3v) is 7.72. The first kappa shape index (κ1) is 30.5. The van der Waals surface area contributed by atoms with Crippen molar-refractivity contribution in [1.82, 2.24) is 20.5 Å². The largest absolute Gasteiger partial charge is 0.480 e. The number of thioether (sulfide) groups is 1. The number of hydrogen-bond acceptors (Lipinski definition) is 7. The number of para-hydroxylation sites is 1. The van der Waals surface area contributed by atoms with Gasteiger partial charge in [0.1, 0.15) is 18.1 Å². The van der Waals surface area contributed by atoms with Crippen molar-refractivity contribution < 1.29 is 24.3 Å². The lowest BCUT2D eigenvalue weighted by Crippen LogP contribution is -2.57. The topological polar surface area (TPSA) is 184 Å². The highest BCUT2D eigenvalue weighted by atomic mass is 32.2. The Morgan fingerprint density at radius 2 is 1.92 bits per heavy atom. The summed E-state index contributed by atoms with van der Waals surface area (Å²) in [6.07, 6.45) is 6.97. The number of nitrogens with two attached hydrogens (primary N) is 2. The third-order valence-electron chi connectivity index (χ3n) is 7.08. The third kappa shape index (κ3) is 8.20. The summed E-state index contributed by atoms with van der Waals surface area (Å²) in [4.78, 5) is 56.0. The zero-order chi connectivity index (χ0) is 28.4. The normalized spacial score (nSPS) is 17.5. The molecule has 1 aliphatic heterocycles. The number of fused-ring (bicyclic) bond motifs is 1. The number of hydrogen-bond donors (Lipinski definition) is 6. The smallest absolute Gasteiger partial charge is 0.326 e. The Morgan fingerprint density at radius 3 is 2.64 bits per heavy atom. The van der Waals surface area contributed by atoms with Gasteiger partial charge in [-0.3, -0.25) is 14.4 Å². The van der Waals surface area contributed by atoms with Gasteiger partial charge in [0.25, 0.3) is 0 Å². The number of likely N-dealkylation sites (tertiary alicyclic amines) is 1. The lowest BCUT2D eigenvalue weighted by atomic mass is 10.0. The number of carbonyl (C=O) groups excluding carboxylic acids is 3. The molecule has 214 valence electrons. The van der Waals surface area contributed by atoms with E-state index in [4.69, 9.17) is 11.5 Å². The highest BCUT2D eigenvalue weighted by molar-refractivity contribution is 7.98. The number of carboxylic acids is 1. The van der Waals surface area contributed by atoms with E-state index in [0.717, 1.165) is 16.5 Å². The van der Waals surface area contributed by atoms with Crippen LogP contribution in [0.25, 0.3) is 10.9 Å². The van der Waals surface area contributed by atoms with E-state index in [1.165, 1.54) is 16.7 Å². The second-order valence-corrected chi connectivity index (χ2v) is 10.9. The van der Waals surface area contributed by atoms with Crippen LogP contribution in [0.5, 0.6) is 0 Å². The Hall–Kier alpha value is -3.09. The number of aromatic nitrogens is 1. The van der Waals surface area contributed by atoms with Crippen molar-refractivity contribution in [3.63, 3.8) is 0 Å². The number of nitrogens with one attached hydrogen (secondary N) is 3. The summed E-state index contributed by atoms with van der Waals surface area (Å²) < 4.78 is 0. The Labute approximate surface area is 232 Å². The second kappa shape index (κ2) is 14.9. The number of amides is 3. The summed E-state index contributed by atoms with van der Waals surface area (Å²) in [5.74, 6) is -1.83. The van der Waals surface area contributed by atoms with Crippen LogP contribution in [0.2, 0.25) is 0 Å². The molecule has 3 amide bonds. The molecule has 4 atom stereocenters. The highest BCUT2D eigenvalue weighted by Crippen LogP contribution is 2.21. The zero-order valence-corrected chi connectivity index (χ0v) is 23.2. The average Bonchev–Trinajstić information content (AvgIpc) is 3.57. The molecule has 1 saturated heterocycles. The van der Waals surface area contributed by atoms with Gasteiger partial charge in [0.05, 0.1) is 6.04 Å². The molecule has 0 radical (unpaired) electrons. The minimum absolute atomic E-state index is 0.287. The first-order valence-electron chi connectivity index (χ1n) is 13.4. The van der Waals surface area contributed by atoms with Gasteiger partial charge in [0.2, 0.25) is 17.7 Å². The first-order chi connectivity index (χ1) is 18.8. The molecule has 0 bridgehead atoms. The summed E-state index contributed by atoms with van der Waals surface area (Å²) in [5.41, 5.74) is 13.8. The maximum Gasteiger partial charge on any atom is 0.326 e. The fourth-order valence-electron chi connectivity index (χ4n) is 4.92. The van der Waals surface area contributed by atoms with E-state index < -0.39 is 42.0 Å². The van der Waals surface area contributed by atoms with Gasteiger partial charge in [-0.25, -0.2) is 4.79 Å². The van der Waals surface area contributed by atoms with E-state index in [2.05, 4.69) is 15.6 Å². The number of H-pyrrole nitrogens is 1. The van der Waals surface area contributed by atoms with Crippen LogP contribution in [0, 0.1) is 0 Å². The van der Waals surface area contributed by atoms with E-state index >= 15 is 0 Å². The molecule has 2 aromatic rings. The van der Waals surface area contributed by atoms with Gasteiger partial charge >= 0.3 is 5.97 Å². The van der Waals surface area contributed by atoms with Crippen molar-refractivity contribution in [2.45, 2.75) is 69.1 Å². The van der Waals surface area contributed by atoms with Gasteiger partial charge in [0, 0.05) is 23.6 Å². The molecule has 12 heteroatoms. The van der Waals surface area contributed by atoms with Gasteiger partial charge in [-0.15, -0.1) is 0 Å². The minimum atomic E-state index is -1.11. The van der Waals surface area contributed by atoms with Crippen LogP contribution in [0.15, 0.2) is 30.5 Å². The van der Waals surface area contributed by atoms with Crippen LogP contribution in [-0.4, -0.2) is 87.9 Å². The lowest BCUT2D eigenvalue weighted by molar-refractivity contribution is -0.145. The van der Waals surface area contributed by atoms with Crippen molar-refractivity contribution in [2.75, 3.05) is 25.1 Å². The van der Waals surface area contributed by atoms with Gasteiger partial charge in [-0.2, -0.15) is 11.8 Å². The highest BCUT2D eigenvalue weighted by Gasteiger charge is 2.39. The van der Waals surface area contributed by atoms with Crippen molar-refractivity contribution >= 4 is 46.4 Å². The lowest BCUT2D eigenvalue weighted by Gasteiger charge is -2.30. The summed E-state index contributed by atoms with van der Waals surface area (Å²) in [6.45, 7) is 0.806. The summed E-state index contributed by atoms with van der Waals surface area (Å²) in [6, 6.07) is 4.19. The van der Waals surface area contributed by atoms with Gasteiger partial charge < -0.3 is 37.1 Å². The number of aliphatic carboxylic acids is 1. The monoisotopic (exact) mass is 560 g/mol. The number of unbranched alkanes of at least 4 members (excludes halogenated alkanes) is 1. The van der Waals surface area contributed by atoms with Crippen molar-refractivity contribution in [1.29, 1.82) is 0 Å². The molecule has 1 aromatic heterocycles. The Morgan fingerprint density at radius 1 is 1.15 bits per heavy atom. The van der Waals surface area contributed by atoms with Crippen LogP contribution in [0.3, 0.4) is 0 Å². The molecule has 11 nitrogen and oxygen atoms in total. The molecule has 2 heterocycles. The van der Waals surface area contributed by atoms with Gasteiger partial charge in [-0.1, -0.05) is 18.2 Å². The number of carboxylic acid groups (broad SMARTS) is 1. The fraction of sp³-hybridized carbons (Fsp3) is 0.556. The molecular weight excluding hydrogens is 520 g/mol. The molecule has 39 heavy (non-hydrogen) atoms. The molecule has 1 aromatic carbocycles. The van der Waals surface area contributed by atoms with Crippen molar-refractivity contribution in [3.8, 4) is 0 Å². The van der Waals surface area contributed by atoms with Crippen LogP contribution in [-0.2, 0) is 25.6 Å². The fourth-order valence-corrected chi connectivity index (χ4v) is 5.39. The molecule has 8 N–H and O–H groups in total. The van der Waals surface area contributed by atoms with Crippen LogP contribution >= 0.6 is 11.8 Å². The average molecular weight is 561 g/mol. The number of carbonyl (C=O) groups is 4. The molecule has 0 saturated carbocycles. The van der Waals surface area contributed by atoms with E-state index in [0.29, 0.717) is 57.4 Å². The van der Waals surface area contributed by atoms with E-state index in [1.54, 1.807) is 0 Å². The van der Waals surface area contributed by atoms with Crippen LogP contribution < -0.4 is 22.1 Å². The minimum Gasteiger partial charge on any atom is -0.480 e. The van der Waals surface area contributed by atoms with Crippen LogP contribution in [0.4, 0.5) is 0 Å². The summed E-state index contributed by atoms with van der Waals surface area (Å²) in [7, 11) is 0. The Kier molecular flexibility index (Phi) is 11.6. The van der Waals surface area contributed by atoms with Gasteiger partial charge in [-0.05, 0) is 75.1 Å². The Balaban J connectivity index is 1.68. The summed E-state index contributed by atoms with van der Waals surface area (Å²) >= 11 is 1.49. The number of benzene rings is 1. The zero-order valence-electron chi connectivity index (χ0n) is 22.4. The molecule has 1 fully saturated rings. The Bertz CT molecular complexity index is 1140. The van der Waals surface area contributed by atoms with Gasteiger partial charge in [0.15, 0.2) is 0 Å². The maximum atomic E-state index is 13.6. The van der Waals surface area contributed by atoms with E-state index in [9.17, 15) is 24.3 Å². The number of aromatic amines is 1. The molecule has 3 rings (SSSR count). The predicted molar refractivity (Wildman–Crippen MR) is 152 cm³/mol. The van der Waals surface area contributed by atoms with E-state index in [1.807, 2.05) is 36.7 Å².